The summed E-state index contributed by atoms with van der Waals surface area (Å²) < 4.78 is 10.3. The molecule has 0 bridgehead atoms. The minimum Gasteiger partial charge on any atom is -0.493 e. The summed E-state index contributed by atoms with van der Waals surface area (Å²) in [5.74, 6) is 0.590. The average molecular weight is 387 g/mol. The molecular formula is C17H14Cl3NO3. The predicted octanol–water partition coefficient (Wildman–Crippen LogP) is 5.32. The molecule has 0 aliphatic rings. The fourth-order valence-electron chi connectivity index (χ4n) is 1.91. The first-order chi connectivity index (χ1) is 11.4. The van der Waals surface area contributed by atoms with Gasteiger partial charge in [-0.05, 0) is 23.8 Å². The number of amides is 1. The van der Waals surface area contributed by atoms with Gasteiger partial charge in [0.25, 0.3) is 0 Å². The van der Waals surface area contributed by atoms with Gasteiger partial charge in [0.1, 0.15) is 0 Å². The molecule has 0 saturated carbocycles. The summed E-state index contributed by atoms with van der Waals surface area (Å²) >= 11 is 17.9. The van der Waals surface area contributed by atoms with E-state index in [1.807, 2.05) is 0 Å². The average Bonchev–Trinajstić information content (AvgIpc) is 2.57. The van der Waals surface area contributed by atoms with Crippen LogP contribution in [0.15, 0.2) is 36.4 Å². The topological polar surface area (TPSA) is 47.6 Å². The van der Waals surface area contributed by atoms with E-state index in [0.717, 1.165) is 5.56 Å². The molecule has 2 rings (SSSR count). The summed E-state index contributed by atoms with van der Waals surface area (Å²) in [5.41, 5.74) is 1.16. The number of carbonyl (C=O) groups is 1. The van der Waals surface area contributed by atoms with Gasteiger partial charge >= 0.3 is 0 Å². The summed E-state index contributed by atoms with van der Waals surface area (Å²) in [6, 6.07) is 8.23. The van der Waals surface area contributed by atoms with Gasteiger partial charge in [0.05, 0.1) is 35.0 Å². The second-order valence-electron chi connectivity index (χ2n) is 4.68. The molecule has 0 aliphatic carbocycles. The van der Waals surface area contributed by atoms with Crippen molar-refractivity contribution in [3.63, 3.8) is 0 Å². The fourth-order valence-corrected chi connectivity index (χ4v) is 2.42. The summed E-state index contributed by atoms with van der Waals surface area (Å²) in [6.45, 7) is 0. The highest BCUT2D eigenvalue weighted by Gasteiger charge is 2.11. The molecule has 4 nitrogen and oxygen atoms in total. The quantitative estimate of drug-likeness (QED) is 0.708. The molecule has 7 heteroatoms. The zero-order valence-corrected chi connectivity index (χ0v) is 15.2. The standard InChI is InChI=1S/C17H14Cl3NO3/c1-23-15-8-13(20)14(9-16(15)24-2)21-17(22)6-4-10-3-5-11(18)12(19)7-10/h3-9H,1-2H3,(H,21,22)/b6-4+. The van der Waals surface area contributed by atoms with Crippen molar-refractivity contribution in [1.82, 2.24) is 0 Å². The summed E-state index contributed by atoms with van der Waals surface area (Å²) in [5, 5.41) is 3.89. The molecule has 0 heterocycles. The maximum absolute atomic E-state index is 12.1. The van der Waals surface area contributed by atoms with Gasteiger partial charge < -0.3 is 14.8 Å². The van der Waals surface area contributed by atoms with Crippen LogP contribution in [0.25, 0.3) is 6.08 Å². The Balaban J connectivity index is 2.14. The van der Waals surface area contributed by atoms with Crippen LogP contribution in [0.1, 0.15) is 5.56 Å². The smallest absolute Gasteiger partial charge is 0.248 e. The molecule has 0 spiro atoms. The molecule has 0 atom stereocenters. The van der Waals surface area contributed by atoms with Crippen LogP contribution in [-0.4, -0.2) is 20.1 Å². The lowest BCUT2D eigenvalue weighted by molar-refractivity contribution is -0.111. The molecule has 1 N–H and O–H groups in total. The Morgan fingerprint density at radius 2 is 1.62 bits per heavy atom. The van der Waals surface area contributed by atoms with E-state index in [1.54, 1.807) is 36.4 Å². The lowest BCUT2D eigenvalue weighted by atomic mass is 10.2. The molecule has 24 heavy (non-hydrogen) atoms. The molecule has 0 unspecified atom stereocenters. The Kier molecular flexibility index (Phi) is 6.37. The highest BCUT2D eigenvalue weighted by molar-refractivity contribution is 6.42. The first-order valence-electron chi connectivity index (χ1n) is 6.80. The first-order valence-corrected chi connectivity index (χ1v) is 7.93. The third kappa shape index (κ3) is 4.57. The normalized spacial score (nSPS) is 10.7. The third-order valence-corrected chi connectivity index (χ3v) is 4.15. The van der Waals surface area contributed by atoms with Crippen LogP contribution in [0.2, 0.25) is 15.1 Å². The fraction of sp³-hybridized carbons (Fsp3) is 0.118. The molecule has 126 valence electrons. The molecule has 0 aromatic heterocycles. The number of anilines is 1. The van der Waals surface area contributed by atoms with Gasteiger partial charge in [-0.25, -0.2) is 0 Å². The van der Waals surface area contributed by atoms with Crippen molar-refractivity contribution in [2.45, 2.75) is 0 Å². The van der Waals surface area contributed by atoms with E-state index in [4.69, 9.17) is 44.3 Å². The number of halogens is 3. The number of hydrogen-bond acceptors (Lipinski definition) is 3. The highest BCUT2D eigenvalue weighted by Crippen LogP contribution is 2.36. The van der Waals surface area contributed by atoms with Crippen molar-refractivity contribution < 1.29 is 14.3 Å². The molecule has 0 radical (unpaired) electrons. The number of ether oxygens (including phenoxy) is 2. The molecule has 0 saturated heterocycles. The van der Waals surface area contributed by atoms with Gasteiger partial charge in [-0.2, -0.15) is 0 Å². The van der Waals surface area contributed by atoms with E-state index >= 15 is 0 Å². The Morgan fingerprint density at radius 1 is 0.958 bits per heavy atom. The number of nitrogens with one attached hydrogen (secondary N) is 1. The van der Waals surface area contributed by atoms with Gasteiger partial charge in [-0.1, -0.05) is 40.9 Å². The summed E-state index contributed by atoms with van der Waals surface area (Å²) in [4.78, 5) is 12.1. The van der Waals surface area contributed by atoms with Crippen molar-refractivity contribution in [2.24, 2.45) is 0 Å². The minimum atomic E-state index is -0.352. The Labute approximate surface area is 154 Å². The van der Waals surface area contributed by atoms with Gasteiger partial charge in [0, 0.05) is 18.2 Å². The highest BCUT2D eigenvalue weighted by atomic mass is 35.5. The zero-order chi connectivity index (χ0) is 17.7. The second kappa shape index (κ2) is 8.29. The first kappa shape index (κ1) is 18.5. The van der Waals surface area contributed by atoms with Crippen LogP contribution in [0.5, 0.6) is 11.5 Å². The number of rotatable bonds is 5. The second-order valence-corrected chi connectivity index (χ2v) is 5.90. The van der Waals surface area contributed by atoms with E-state index in [2.05, 4.69) is 5.32 Å². The van der Waals surface area contributed by atoms with E-state index in [1.165, 1.54) is 20.3 Å². The van der Waals surface area contributed by atoms with E-state index < -0.39 is 0 Å². The third-order valence-electron chi connectivity index (χ3n) is 3.10. The Bertz CT molecular complexity index is 791. The number of carbonyl (C=O) groups excluding carboxylic acids is 1. The number of methoxy groups -OCH3 is 2. The zero-order valence-electron chi connectivity index (χ0n) is 12.9. The van der Waals surface area contributed by atoms with Gasteiger partial charge in [-0.3, -0.25) is 4.79 Å². The maximum Gasteiger partial charge on any atom is 0.248 e. The maximum atomic E-state index is 12.1. The predicted molar refractivity (Wildman–Crippen MR) is 98.7 cm³/mol. The number of benzene rings is 2. The largest absolute Gasteiger partial charge is 0.493 e. The van der Waals surface area contributed by atoms with Crippen LogP contribution in [0.4, 0.5) is 5.69 Å². The van der Waals surface area contributed by atoms with Crippen molar-refractivity contribution in [1.29, 1.82) is 0 Å². The Hall–Kier alpha value is -1.88. The van der Waals surface area contributed by atoms with E-state index in [0.29, 0.717) is 32.3 Å². The van der Waals surface area contributed by atoms with Crippen molar-refractivity contribution in [3.05, 3.63) is 57.0 Å². The van der Waals surface area contributed by atoms with Crippen molar-refractivity contribution >= 4 is 52.5 Å². The van der Waals surface area contributed by atoms with Gasteiger partial charge in [0.15, 0.2) is 11.5 Å². The monoisotopic (exact) mass is 385 g/mol. The molecule has 2 aromatic carbocycles. The van der Waals surface area contributed by atoms with Crippen LogP contribution in [-0.2, 0) is 4.79 Å². The summed E-state index contributed by atoms with van der Waals surface area (Å²) in [6.07, 6.45) is 2.98. The Morgan fingerprint density at radius 3 is 2.25 bits per heavy atom. The van der Waals surface area contributed by atoms with Crippen molar-refractivity contribution in [3.8, 4) is 11.5 Å². The molecule has 0 aliphatic heterocycles. The van der Waals surface area contributed by atoms with Gasteiger partial charge in [0.2, 0.25) is 5.91 Å². The van der Waals surface area contributed by atoms with Crippen LogP contribution < -0.4 is 14.8 Å². The molecular weight excluding hydrogens is 373 g/mol. The molecule has 2 aromatic rings. The summed E-state index contributed by atoms with van der Waals surface area (Å²) in [7, 11) is 3.01. The van der Waals surface area contributed by atoms with Crippen molar-refractivity contribution in [2.75, 3.05) is 19.5 Å². The van der Waals surface area contributed by atoms with E-state index in [-0.39, 0.29) is 5.91 Å². The lowest BCUT2D eigenvalue weighted by Crippen LogP contribution is -2.08. The SMILES string of the molecule is COc1cc(Cl)c(NC(=O)/C=C/c2ccc(Cl)c(Cl)c2)cc1OC. The van der Waals surface area contributed by atoms with Gasteiger partial charge in [-0.15, -0.1) is 0 Å². The van der Waals surface area contributed by atoms with Crippen LogP contribution in [0, 0.1) is 0 Å². The van der Waals surface area contributed by atoms with Crippen LogP contribution >= 0.6 is 34.8 Å². The van der Waals surface area contributed by atoms with Crippen LogP contribution in [0.3, 0.4) is 0 Å². The van der Waals surface area contributed by atoms with E-state index in [9.17, 15) is 4.79 Å². The minimum absolute atomic E-state index is 0.337. The molecule has 0 fully saturated rings. The lowest BCUT2D eigenvalue weighted by Gasteiger charge is -2.11. The number of hydrogen-bond donors (Lipinski definition) is 1. The molecule has 1 amide bonds.